The molecule has 104 valence electrons. The second-order valence-electron chi connectivity index (χ2n) is 7.80. The molecule has 1 saturated heterocycles. The average molecular weight is 250 g/mol. The summed E-state index contributed by atoms with van der Waals surface area (Å²) >= 11 is 0. The van der Waals surface area contributed by atoms with Gasteiger partial charge >= 0.3 is 0 Å². The van der Waals surface area contributed by atoms with Crippen LogP contribution in [0.4, 0.5) is 0 Å². The van der Waals surface area contributed by atoms with Crippen molar-refractivity contribution in [2.45, 2.75) is 76.8 Å². The van der Waals surface area contributed by atoms with Gasteiger partial charge in [-0.3, -0.25) is 4.90 Å². The summed E-state index contributed by atoms with van der Waals surface area (Å²) < 4.78 is 0. The molecule has 1 atom stereocenters. The van der Waals surface area contributed by atoms with E-state index in [4.69, 9.17) is 0 Å². The SMILES string of the molecule is CC1(C)CCC(N2CCCNC3(CCCC3)C2)C1. The first-order chi connectivity index (χ1) is 8.59. The second kappa shape index (κ2) is 4.79. The highest BCUT2D eigenvalue weighted by Gasteiger charge is 2.41. The Morgan fingerprint density at radius 2 is 1.83 bits per heavy atom. The molecule has 0 radical (unpaired) electrons. The summed E-state index contributed by atoms with van der Waals surface area (Å²) in [6.07, 6.45) is 11.3. The molecule has 1 heterocycles. The second-order valence-corrected chi connectivity index (χ2v) is 7.80. The minimum atomic E-state index is 0.489. The van der Waals surface area contributed by atoms with Gasteiger partial charge in [-0.05, 0) is 57.0 Å². The number of nitrogens with zero attached hydrogens (tertiary/aromatic N) is 1. The van der Waals surface area contributed by atoms with Crippen molar-refractivity contribution >= 4 is 0 Å². The lowest BCUT2D eigenvalue weighted by atomic mass is 9.91. The van der Waals surface area contributed by atoms with Crippen molar-refractivity contribution in [1.82, 2.24) is 10.2 Å². The Labute approximate surface area is 113 Å². The number of nitrogens with one attached hydrogen (secondary N) is 1. The van der Waals surface area contributed by atoms with E-state index in [1.54, 1.807) is 0 Å². The van der Waals surface area contributed by atoms with Crippen LogP contribution in [0.15, 0.2) is 0 Å². The summed E-state index contributed by atoms with van der Waals surface area (Å²) in [6, 6.07) is 0.873. The molecular weight excluding hydrogens is 220 g/mol. The van der Waals surface area contributed by atoms with E-state index < -0.39 is 0 Å². The third-order valence-corrected chi connectivity index (χ3v) is 5.65. The van der Waals surface area contributed by atoms with Crippen molar-refractivity contribution in [3.63, 3.8) is 0 Å². The number of rotatable bonds is 1. The standard InChI is InChI=1S/C16H30N2/c1-15(2)9-6-14(12-15)18-11-5-10-17-16(13-18)7-3-4-8-16/h14,17H,3-13H2,1-2H3. The van der Waals surface area contributed by atoms with Gasteiger partial charge in [-0.15, -0.1) is 0 Å². The molecule has 1 spiro atoms. The Kier molecular flexibility index (Phi) is 3.44. The van der Waals surface area contributed by atoms with Gasteiger partial charge in [-0.2, -0.15) is 0 Å². The van der Waals surface area contributed by atoms with Crippen LogP contribution < -0.4 is 5.32 Å². The highest BCUT2D eigenvalue weighted by Crippen LogP contribution is 2.41. The summed E-state index contributed by atoms with van der Waals surface area (Å²) in [5, 5.41) is 3.89. The average Bonchev–Trinajstić information content (AvgIpc) is 2.83. The first kappa shape index (κ1) is 12.9. The predicted molar refractivity (Wildman–Crippen MR) is 76.8 cm³/mol. The van der Waals surface area contributed by atoms with Crippen LogP contribution in [-0.2, 0) is 0 Å². The Morgan fingerprint density at radius 1 is 1.06 bits per heavy atom. The Hall–Kier alpha value is -0.0800. The van der Waals surface area contributed by atoms with Crippen molar-refractivity contribution < 1.29 is 0 Å². The molecule has 2 saturated carbocycles. The van der Waals surface area contributed by atoms with Crippen molar-refractivity contribution in [3.05, 3.63) is 0 Å². The van der Waals surface area contributed by atoms with Crippen LogP contribution in [0, 0.1) is 5.41 Å². The quantitative estimate of drug-likeness (QED) is 0.769. The van der Waals surface area contributed by atoms with Crippen LogP contribution in [0.2, 0.25) is 0 Å². The third kappa shape index (κ3) is 2.60. The van der Waals surface area contributed by atoms with Crippen molar-refractivity contribution in [2.24, 2.45) is 5.41 Å². The van der Waals surface area contributed by atoms with Gasteiger partial charge in [0.05, 0.1) is 0 Å². The molecule has 1 N–H and O–H groups in total. The predicted octanol–water partition coefficient (Wildman–Crippen LogP) is 3.17. The minimum absolute atomic E-state index is 0.489. The van der Waals surface area contributed by atoms with Crippen LogP contribution in [0.3, 0.4) is 0 Å². The molecule has 2 aliphatic carbocycles. The lowest BCUT2D eigenvalue weighted by molar-refractivity contribution is 0.150. The maximum atomic E-state index is 3.89. The molecule has 3 rings (SSSR count). The van der Waals surface area contributed by atoms with Crippen LogP contribution in [0.25, 0.3) is 0 Å². The maximum absolute atomic E-state index is 3.89. The minimum Gasteiger partial charge on any atom is -0.310 e. The fourth-order valence-electron chi connectivity index (χ4n) is 4.57. The monoisotopic (exact) mass is 250 g/mol. The molecule has 1 aliphatic heterocycles. The highest BCUT2D eigenvalue weighted by molar-refractivity contribution is 4.99. The summed E-state index contributed by atoms with van der Waals surface area (Å²) in [5.41, 5.74) is 1.08. The van der Waals surface area contributed by atoms with E-state index in [9.17, 15) is 0 Å². The number of hydrogen-bond donors (Lipinski definition) is 1. The van der Waals surface area contributed by atoms with Gasteiger partial charge in [-0.1, -0.05) is 26.7 Å². The summed E-state index contributed by atoms with van der Waals surface area (Å²) in [6.45, 7) is 8.80. The van der Waals surface area contributed by atoms with Gasteiger partial charge in [0.1, 0.15) is 0 Å². The van der Waals surface area contributed by atoms with E-state index in [0.717, 1.165) is 6.04 Å². The van der Waals surface area contributed by atoms with Crippen molar-refractivity contribution in [1.29, 1.82) is 0 Å². The van der Waals surface area contributed by atoms with Gasteiger partial charge in [0.2, 0.25) is 0 Å². The Balaban J connectivity index is 1.68. The molecule has 3 fully saturated rings. The zero-order valence-corrected chi connectivity index (χ0v) is 12.3. The molecule has 0 aromatic rings. The normalized spacial score (nSPS) is 36.0. The van der Waals surface area contributed by atoms with Gasteiger partial charge in [0, 0.05) is 18.1 Å². The molecule has 1 unspecified atom stereocenters. The maximum Gasteiger partial charge on any atom is 0.0308 e. The molecule has 0 aromatic heterocycles. The first-order valence-electron chi connectivity index (χ1n) is 8.08. The highest BCUT2D eigenvalue weighted by atomic mass is 15.2. The van der Waals surface area contributed by atoms with Gasteiger partial charge in [-0.25, -0.2) is 0 Å². The zero-order valence-electron chi connectivity index (χ0n) is 12.3. The van der Waals surface area contributed by atoms with Gasteiger partial charge in [0.25, 0.3) is 0 Å². The van der Waals surface area contributed by atoms with Gasteiger partial charge < -0.3 is 5.32 Å². The lowest BCUT2D eigenvalue weighted by Gasteiger charge is -2.36. The van der Waals surface area contributed by atoms with Crippen molar-refractivity contribution in [2.75, 3.05) is 19.6 Å². The lowest BCUT2D eigenvalue weighted by Crippen LogP contribution is -2.51. The summed E-state index contributed by atoms with van der Waals surface area (Å²) in [7, 11) is 0. The van der Waals surface area contributed by atoms with E-state index in [0.29, 0.717) is 11.0 Å². The summed E-state index contributed by atoms with van der Waals surface area (Å²) in [4.78, 5) is 2.85. The van der Waals surface area contributed by atoms with E-state index in [1.165, 1.54) is 71.0 Å². The molecule has 2 heteroatoms. The largest absolute Gasteiger partial charge is 0.310 e. The smallest absolute Gasteiger partial charge is 0.0308 e. The van der Waals surface area contributed by atoms with E-state index in [2.05, 4.69) is 24.1 Å². The van der Waals surface area contributed by atoms with Crippen LogP contribution in [-0.4, -0.2) is 36.1 Å². The van der Waals surface area contributed by atoms with E-state index in [-0.39, 0.29) is 0 Å². The fraction of sp³-hybridized carbons (Fsp3) is 1.00. The molecule has 0 aromatic carbocycles. The molecule has 2 nitrogen and oxygen atoms in total. The molecular formula is C16H30N2. The zero-order chi connectivity index (χ0) is 12.6. The Bertz CT molecular complexity index is 291. The molecule has 0 bridgehead atoms. The van der Waals surface area contributed by atoms with Crippen LogP contribution >= 0.6 is 0 Å². The molecule has 0 amide bonds. The summed E-state index contributed by atoms with van der Waals surface area (Å²) in [5.74, 6) is 0. The topological polar surface area (TPSA) is 15.3 Å². The Morgan fingerprint density at radius 3 is 2.50 bits per heavy atom. The van der Waals surface area contributed by atoms with Gasteiger partial charge in [0.15, 0.2) is 0 Å². The van der Waals surface area contributed by atoms with E-state index >= 15 is 0 Å². The van der Waals surface area contributed by atoms with Crippen molar-refractivity contribution in [3.8, 4) is 0 Å². The van der Waals surface area contributed by atoms with E-state index in [1.807, 2.05) is 0 Å². The molecule has 18 heavy (non-hydrogen) atoms. The fourth-order valence-corrected chi connectivity index (χ4v) is 4.57. The van der Waals surface area contributed by atoms with Crippen LogP contribution in [0.1, 0.15) is 65.2 Å². The first-order valence-corrected chi connectivity index (χ1v) is 8.08. The molecule has 3 aliphatic rings. The number of hydrogen-bond acceptors (Lipinski definition) is 2. The van der Waals surface area contributed by atoms with Crippen LogP contribution in [0.5, 0.6) is 0 Å². The third-order valence-electron chi connectivity index (χ3n) is 5.65.